The quantitative estimate of drug-likeness (QED) is 0.774. The fourth-order valence-corrected chi connectivity index (χ4v) is 4.26. The average Bonchev–Trinajstić information content (AvgIpc) is 2.97. The van der Waals surface area contributed by atoms with Crippen molar-refractivity contribution in [3.8, 4) is 0 Å². The van der Waals surface area contributed by atoms with E-state index in [0.717, 1.165) is 22.1 Å². The monoisotopic (exact) mass is 320 g/mol. The van der Waals surface area contributed by atoms with Crippen LogP contribution in [-0.4, -0.2) is 18.5 Å². The van der Waals surface area contributed by atoms with Crippen LogP contribution in [0.4, 0.5) is 5.69 Å². The molecule has 2 N–H and O–H groups in total. The van der Waals surface area contributed by atoms with Gasteiger partial charge in [-0.25, -0.2) is 8.42 Å². The van der Waals surface area contributed by atoms with E-state index < -0.39 is 10.0 Å². The number of nitrogens with zero attached hydrogens (tertiary/aromatic N) is 1. The lowest BCUT2D eigenvalue weighted by Crippen LogP contribution is -2.11. The molecule has 21 heavy (non-hydrogen) atoms. The van der Waals surface area contributed by atoms with Crippen LogP contribution in [0.2, 0.25) is 0 Å². The minimum atomic E-state index is -3.66. The van der Waals surface area contributed by atoms with Crippen LogP contribution >= 0.6 is 11.3 Å². The summed E-state index contributed by atoms with van der Waals surface area (Å²) in [5, 5.41) is 12.3. The summed E-state index contributed by atoms with van der Waals surface area (Å²) in [6.07, 6.45) is 3.30. The molecule has 2 heterocycles. The molecule has 5 nitrogen and oxygen atoms in total. The number of nitrogens with one attached hydrogen (secondary N) is 1. The fraction of sp³-hybridized carbons (Fsp3) is 0.0714. The maximum Gasteiger partial charge on any atom is 0.271 e. The zero-order chi connectivity index (χ0) is 14.9. The van der Waals surface area contributed by atoms with E-state index in [-0.39, 0.29) is 10.8 Å². The maximum atomic E-state index is 12.4. The number of thiophene rings is 1. The van der Waals surface area contributed by atoms with Gasteiger partial charge in [-0.2, -0.15) is 0 Å². The van der Waals surface area contributed by atoms with Gasteiger partial charge in [0.05, 0.1) is 12.3 Å². The predicted octanol–water partition coefficient (Wildman–Crippen LogP) is 2.59. The number of aliphatic hydroxyl groups excluding tert-OH is 1. The molecule has 0 aliphatic heterocycles. The van der Waals surface area contributed by atoms with E-state index in [9.17, 15) is 8.42 Å². The number of hydrogen-bond acceptors (Lipinski definition) is 5. The molecule has 0 aliphatic rings. The van der Waals surface area contributed by atoms with Crippen LogP contribution in [0.1, 0.15) is 5.56 Å². The Morgan fingerprint density at radius 3 is 2.90 bits per heavy atom. The Labute approximate surface area is 125 Å². The van der Waals surface area contributed by atoms with Crippen molar-refractivity contribution in [1.82, 2.24) is 4.98 Å². The Kier molecular flexibility index (Phi) is 3.62. The first-order valence-corrected chi connectivity index (χ1v) is 8.50. The third-order valence-electron chi connectivity index (χ3n) is 3.00. The van der Waals surface area contributed by atoms with Crippen molar-refractivity contribution in [1.29, 1.82) is 0 Å². The fourth-order valence-electron chi connectivity index (χ4n) is 1.98. The highest BCUT2D eigenvalue weighted by molar-refractivity contribution is 7.94. The number of aliphatic hydroxyl groups is 1. The van der Waals surface area contributed by atoms with Gasteiger partial charge in [0, 0.05) is 23.2 Å². The first-order chi connectivity index (χ1) is 10.1. The molecular weight excluding hydrogens is 308 g/mol. The Hall–Kier alpha value is -1.96. The van der Waals surface area contributed by atoms with Crippen molar-refractivity contribution in [3.05, 3.63) is 53.7 Å². The summed E-state index contributed by atoms with van der Waals surface area (Å²) in [7, 11) is -3.66. The standard InChI is InChI=1S/C14H12N2O3S2/c17-8-10-6-14(20-9-10)21(18,19)16-13-3-1-2-11-7-15-5-4-12(11)13/h1-7,9,16-17H,8H2. The molecule has 0 radical (unpaired) electrons. The summed E-state index contributed by atoms with van der Waals surface area (Å²) >= 11 is 1.08. The number of rotatable bonds is 4. The Morgan fingerprint density at radius 1 is 1.29 bits per heavy atom. The topological polar surface area (TPSA) is 79.3 Å². The van der Waals surface area contributed by atoms with E-state index >= 15 is 0 Å². The molecule has 108 valence electrons. The van der Waals surface area contributed by atoms with Crippen LogP contribution in [0.15, 0.2) is 52.3 Å². The second kappa shape index (κ2) is 5.44. The minimum absolute atomic E-state index is 0.175. The van der Waals surface area contributed by atoms with E-state index in [4.69, 9.17) is 5.11 Å². The van der Waals surface area contributed by atoms with E-state index in [1.807, 2.05) is 6.07 Å². The zero-order valence-electron chi connectivity index (χ0n) is 10.9. The van der Waals surface area contributed by atoms with Crippen LogP contribution in [0, 0.1) is 0 Å². The molecular formula is C14H12N2O3S2. The van der Waals surface area contributed by atoms with Gasteiger partial charge < -0.3 is 5.11 Å². The number of fused-ring (bicyclic) bond motifs is 1. The van der Waals surface area contributed by atoms with Crippen LogP contribution in [0.3, 0.4) is 0 Å². The summed E-state index contributed by atoms with van der Waals surface area (Å²) < 4.78 is 27.5. The molecule has 0 saturated carbocycles. The third-order valence-corrected chi connectivity index (χ3v) is 5.86. The molecule has 3 aromatic rings. The number of benzene rings is 1. The molecule has 1 aromatic carbocycles. The summed E-state index contributed by atoms with van der Waals surface area (Å²) in [5.74, 6) is 0. The first-order valence-electron chi connectivity index (χ1n) is 6.14. The molecule has 7 heteroatoms. The van der Waals surface area contributed by atoms with Gasteiger partial charge in [0.1, 0.15) is 4.21 Å². The number of sulfonamides is 1. The highest BCUT2D eigenvalue weighted by Crippen LogP contribution is 2.27. The summed E-state index contributed by atoms with van der Waals surface area (Å²) in [4.78, 5) is 4.02. The first kappa shape index (κ1) is 14.0. The molecule has 2 aromatic heterocycles. The lowest BCUT2D eigenvalue weighted by Gasteiger charge is -2.09. The molecule has 0 bridgehead atoms. The van der Waals surface area contributed by atoms with Crippen molar-refractivity contribution in [2.45, 2.75) is 10.8 Å². The lowest BCUT2D eigenvalue weighted by molar-refractivity contribution is 0.282. The minimum Gasteiger partial charge on any atom is -0.392 e. The smallest absolute Gasteiger partial charge is 0.271 e. The molecule has 3 rings (SSSR count). The largest absolute Gasteiger partial charge is 0.392 e. The van der Waals surface area contributed by atoms with Crippen molar-refractivity contribution in [3.63, 3.8) is 0 Å². The van der Waals surface area contributed by atoms with Crippen molar-refractivity contribution < 1.29 is 13.5 Å². The van der Waals surface area contributed by atoms with Gasteiger partial charge in [-0.15, -0.1) is 11.3 Å². The molecule has 0 spiro atoms. The summed E-state index contributed by atoms with van der Waals surface area (Å²) in [5.41, 5.74) is 1.09. The van der Waals surface area contributed by atoms with Gasteiger partial charge in [-0.1, -0.05) is 12.1 Å². The van der Waals surface area contributed by atoms with E-state index in [0.29, 0.717) is 11.3 Å². The Balaban J connectivity index is 2.01. The number of hydrogen-bond donors (Lipinski definition) is 2. The molecule has 0 amide bonds. The zero-order valence-corrected chi connectivity index (χ0v) is 12.5. The Bertz CT molecular complexity index is 883. The molecule has 0 unspecified atom stereocenters. The molecule has 0 atom stereocenters. The van der Waals surface area contributed by atoms with Crippen molar-refractivity contribution >= 4 is 37.8 Å². The van der Waals surface area contributed by atoms with E-state index in [1.54, 1.807) is 36.0 Å². The SMILES string of the molecule is O=S(=O)(Nc1cccc2cnccc12)c1cc(CO)cs1. The number of aromatic nitrogens is 1. The average molecular weight is 320 g/mol. The second-order valence-electron chi connectivity index (χ2n) is 4.44. The van der Waals surface area contributed by atoms with Gasteiger partial charge in [-0.05, 0) is 29.1 Å². The van der Waals surface area contributed by atoms with Gasteiger partial charge in [0.2, 0.25) is 0 Å². The highest BCUT2D eigenvalue weighted by Gasteiger charge is 2.17. The molecule has 0 aliphatic carbocycles. The van der Waals surface area contributed by atoms with Gasteiger partial charge in [-0.3, -0.25) is 9.71 Å². The van der Waals surface area contributed by atoms with Crippen LogP contribution in [0.25, 0.3) is 10.8 Å². The second-order valence-corrected chi connectivity index (χ2v) is 7.26. The van der Waals surface area contributed by atoms with Gasteiger partial charge >= 0.3 is 0 Å². The van der Waals surface area contributed by atoms with Gasteiger partial charge in [0.15, 0.2) is 0 Å². The van der Waals surface area contributed by atoms with Crippen molar-refractivity contribution in [2.75, 3.05) is 4.72 Å². The highest BCUT2D eigenvalue weighted by atomic mass is 32.2. The van der Waals surface area contributed by atoms with Gasteiger partial charge in [0.25, 0.3) is 10.0 Å². The van der Waals surface area contributed by atoms with E-state index in [1.165, 1.54) is 6.07 Å². The van der Waals surface area contributed by atoms with E-state index in [2.05, 4.69) is 9.71 Å². The van der Waals surface area contributed by atoms with Crippen LogP contribution in [0.5, 0.6) is 0 Å². The molecule has 0 saturated heterocycles. The number of anilines is 1. The summed E-state index contributed by atoms with van der Waals surface area (Å²) in [6.45, 7) is -0.175. The summed E-state index contributed by atoms with van der Waals surface area (Å²) in [6, 6.07) is 8.59. The normalized spacial score (nSPS) is 11.7. The van der Waals surface area contributed by atoms with Crippen LogP contribution in [-0.2, 0) is 16.6 Å². The third kappa shape index (κ3) is 2.76. The van der Waals surface area contributed by atoms with Crippen LogP contribution < -0.4 is 4.72 Å². The molecule has 0 fully saturated rings. The lowest BCUT2D eigenvalue weighted by atomic mass is 10.1. The maximum absolute atomic E-state index is 12.4. The predicted molar refractivity (Wildman–Crippen MR) is 82.8 cm³/mol. The Morgan fingerprint density at radius 2 is 2.14 bits per heavy atom. The van der Waals surface area contributed by atoms with Crippen molar-refractivity contribution in [2.24, 2.45) is 0 Å². The number of pyridine rings is 1.